The Morgan fingerprint density at radius 3 is 2.70 bits per heavy atom. The standard InChI is InChI=1S/C15H23NO4/c1-3-20-13-8-7-12(11-14(13)19-2)15(18)16-9-5-4-6-10-17/h7-8,11,17H,3-6,9-10H2,1-2H3,(H,16,18). The highest BCUT2D eigenvalue weighted by Crippen LogP contribution is 2.27. The predicted molar refractivity (Wildman–Crippen MR) is 77.4 cm³/mol. The topological polar surface area (TPSA) is 67.8 Å². The third-order valence-electron chi connectivity index (χ3n) is 2.85. The van der Waals surface area contributed by atoms with E-state index < -0.39 is 0 Å². The molecule has 1 amide bonds. The second-order valence-electron chi connectivity index (χ2n) is 4.34. The van der Waals surface area contributed by atoms with E-state index in [-0.39, 0.29) is 12.5 Å². The van der Waals surface area contributed by atoms with Crippen molar-refractivity contribution in [2.24, 2.45) is 0 Å². The van der Waals surface area contributed by atoms with E-state index >= 15 is 0 Å². The van der Waals surface area contributed by atoms with Crippen LogP contribution in [0.3, 0.4) is 0 Å². The van der Waals surface area contributed by atoms with Gasteiger partial charge < -0.3 is 19.9 Å². The molecule has 1 aromatic rings. The number of methoxy groups -OCH3 is 1. The molecule has 112 valence electrons. The fourth-order valence-electron chi connectivity index (χ4n) is 1.80. The summed E-state index contributed by atoms with van der Waals surface area (Å²) in [6.07, 6.45) is 2.54. The normalized spacial score (nSPS) is 10.2. The number of aliphatic hydroxyl groups is 1. The molecule has 1 rings (SSSR count). The van der Waals surface area contributed by atoms with Crippen molar-refractivity contribution in [2.45, 2.75) is 26.2 Å². The quantitative estimate of drug-likeness (QED) is 0.679. The Kier molecular flexibility index (Phi) is 7.50. The highest BCUT2D eigenvalue weighted by atomic mass is 16.5. The summed E-state index contributed by atoms with van der Waals surface area (Å²) in [5, 5.41) is 11.5. The number of amides is 1. The lowest BCUT2D eigenvalue weighted by Gasteiger charge is -2.11. The lowest BCUT2D eigenvalue weighted by Crippen LogP contribution is -2.24. The third-order valence-corrected chi connectivity index (χ3v) is 2.85. The molecule has 0 fully saturated rings. The molecule has 0 unspecified atom stereocenters. The van der Waals surface area contributed by atoms with Crippen LogP contribution in [-0.2, 0) is 0 Å². The van der Waals surface area contributed by atoms with Crippen LogP contribution < -0.4 is 14.8 Å². The first kappa shape index (κ1) is 16.3. The number of benzene rings is 1. The van der Waals surface area contributed by atoms with E-state index in [4.69, 9.17) is 14.6 Å². The van der Waals surface area contributed by atoms with Crippen LogP contribution in [-0.4, -0.2) is 37.9 Å². The SMILES string of the molecule is CCOc1ccc(C(=O)NCCCCCO)cc1OC. The van der Waals surface area contributed by atoms with Crippen LogP contribution >= 0.6 is 0 Å². The van der Waals surface area contributed by atoms with E-state index in [9.17, 15) is 4.79 Å². The summed E-state index contributed by atoms with van der Waals surface area (Å²) < 4.78 is 10.6. The van der Waals surface area contributed by atoms with Gasteiger partial charge in [0.25, 0.3) is 5.91 Å². The molecule has 5 heteroatoms. The number of ether oxygens (including phenoxy) is 2. The minimum atomic E-state index is -0.129. The van der Waals surface area contributed by atoms with Gasteiger partial charge in [-0.15, -0.1) is 0 Å². The van der Waals surface area contributed by atoms with Crippen molar-refractivity contribution in [2.75, 3.05) is 26.9 Å². The first-order valence-corrected chi connectivity index (χ1v) is 6.92. The molecule has 0 aliphatic heterocycles. The zero-order valence-electron chi connectivity index (χ0n) is 12.1. The second-order valence-corrected chi connectivity index (χ2v) is 4.34. The number of hydrogen-bond donors (Lipinski definition) is 2. The fourth-order valence-corrected chi connectivity index (χ4v) is 1.80. The molecule has 0 bridgehead atoms. The molecule has 0 heterocycles. The third kappa shape index (κ3) is 5.09. The molecular formula is C15H23NO4. The number of nitrogens with one attached hydrogen (secondary N) is 1. The first-order chi connectivity index (χ1) is 9.72. The van der Waals surface area contributed by atoms with Gasteiger partial charge in [0.1, 0.15) is 0 Å². The number of rotatable bonds is 9. The highest BCUT2D eigenvalue weighted by Gasteiger charge is 2.10. The Morgan fingerprint density at radius 1 is 1.25 bits per heavy atom. The van der Waals surface area contributed by atoms with Crippen LogP contribution in [0.15, 0.2) is 18.2 Å². The Labute approximate surface area is 119 Å². The van der Waals surface area contributed by atoms with Gasteiger partial charge in [-0.1, -0.05) is 0 Å². The van der Waals surface area contributed by atoms with Crippen LogP contribution in [0.2, 0.25) is 0 Å². The van der Waals surface area contributed by atoms with Crippen LogP contribution in [0.1, 0.15) is 36.5 Å². The smallest absolute Gasteiger partial charge is 0.251 e. The molecule has 1 aromatic carbocycles. The largest absolute Gasteiger partial charge is 0.493 e. The van der Waals surface area contributed by atoms with Gasteiger partial charge in [-0.25, -0.2) is 0 Å². The van der Waals surface area contributed by atoms with E-state index in [1.54, 1.807) is 25.3 Å². The number of carbonyl (C=O) groups excluding carboxylic acids is 1. The highest BCUT2D eigenvalue weighted by molar-refractivity contribution is 5.94. The molecule has 5 nitrogen and oxygen atoms in total. The first-order valence-electron chi connectivity index (χ1n) is 6.92. The zero-order chi connectivity index (χ0) is 14.8. The minimum Gasteiger partial charge on any atom is -0.493 e. The number of hydrogen-bond acceptors (Lipinski definition) is 4. The van der Waals surface area contributed by atoms with Crippen molar-refractivity contribution >= 4 is 5.91 Å². The Hall–Kier alpha value is -1.75. The van der Waals surface area contributed by atoms with Crippen molar-refractivity contribution < 1.29 is 19.4 Å². The number of unbranched alkanes of at least 4 members (excludes halogenated alkanes) is 2. The van der Waals surface area contributed by atoms with Crippen molar-refractivity contribution in [3.8, 4) is 11.5 Å². The maximum atomic E-state index is 12.0. The summed E-state index contributed by atoms with van der Waals surface area (Å²) in [4.78, 5) is 12.0. The van der Waals surface area contributed by atoms with Gasteiger partial charge in [0.05, 0.1) is 13.7 Å². The molecule has 0 aromatic heterocycles. The molecule has 0 aliphatic rings. The van der Waals surface area contributed by atoms with Crippen LogP contribution in [0.25, 0.3) is 0 Å². The summed E-state index contributed by atoms with van der Waals surface area (Å²) in [6.45, 7) is 3.25. The molecule has 2 N–H and O–H groups in total. The van der Waals surface area contributed by atoms with Crippen molar-refractivity contribution in [1.29, 1.82) is 0 Å². The van der Waals surface area contributed by atoms with Gasteiger partial charge in [-0.05, 0) is 44.4 Å². The van der Waals surface area contributed by atoms with Crippen LogP contribution in [0.5, 0.6) is 11.5 Å². The Balaban J connectivity index is 2.55. The average molecular weight is 281 g/mol. The van der Waals surface area contributed by atoms with E-state index in [1.165, 1.54) is 0 Å². The van der Waals surface area contributed by atoms with Gasteiger partial charge in [-0.2, -0.15) is 0 Å². The van der Waals surface area contributed by atoms with Gasteiger partial charge in [0.2, 0.25) is 0 Å². The minimum absolute atomic E-state index is 0.129. The van der Waals surface area contributed by atoms with E-state index in [2.05, 4.69) is 5.32 Å². The second kappa shape index (κ2) is 9.20. The average Bonchev–Trinajstić information content (AvgIpc) is 2.47. The van der Waals surface area contributed by atoms with E-state index in [1.807, 2.05) is 6.92 Å². The van der Waals surface area contributed by atoms with Crippen LogP contribution in [0, 0.1) is 0 Å². The lowest BCUT2D eigenvalue weighted by atomic mass is 10.2. The van der Waals surface area contributed by atoms with Crippen molar-refractivity contribution in [3.63, 3.8) is 0 Å². The van der Waals surface area contributed by atoms with Crippen LogP contribution in [0.4, 0.5) is 0 Å². The number of aliphatic hydroxyl groups excluding tert-OH is 1. The monoisotopic (exact) mass is 281 g/mol. The molecule has 0 saturated heterocycles. The molecule has 0 spiro atoms. The molecule has 0 radical (unpaired) electrons. The van der Waals surface area contributed by atoms with E-state index in [0.29, 0.717) is 30.2 Å². The molecular weight excluding hydrogens is 258 g/mol. The van der Waals surface area contributed by atoms with Gasteiger partial charge >= 0.3 is 0 Å². The molecule has 0 atom stereocenters. The van der Waals surface area contributed by atoms with Crippen molar-refractivity contribution in [3.05, 3.63) is 23.8 Å². The summed E-state index contributed by atoms with van der Waals surface area (Å²) >= 11 is 0. The lowest BCUT2D eigenvalue weighted by molar-refractivity contribution is 0.0952. The zero-order valence-corrected chi connectivity index (χ0v) is 12.1. The fraction of sp³-hybridized carbons (Fsp3) is 0.533. The van der Waals surface area contributed by atoms with Gasteiger partial charge in [0, 0.05) is 18.7 Å². The summed E-state index contributed by atoms with van der Waals surface area (Å²) in [5.41, 5.74) is 0.549. The number of carbonyl (C=O) groups is 1. The summed E-state index contributed by atoms with van der Waals surface area (Å²) in [6, 6.07) is 5.13. The maximum Gasteiger partial charge on any atom is 0.251 e. The molecule has 0 saturated carbocycles. The van der Waals surface area contributed by atoms with Gasteiger partial charge in [0.15, 0.2) is 11.5 Å². The van der Waals surface area contributed by atoms with E-state index in [0.717, 1.165) is 19.3 Å². The molecule has 20 heavy (non-hydrogen) atoms. The summed E-state index contributed by atoms with van der Waals surface area (Å²) in [5.74, 6) is 1.06. The summed E-state index contributed by atoms with van der Waals surface area (Å²) in [7, 11) is 1.55. The Morgan fingerprint density at radius 2 is 2.05 bits per heavy atom. The predicted octanol–water partition coefficient (Wildman–Crippen LogP) is 1.99. The molecule has 0 aliphatic carbocycles. The Bertz CT molecular complexity index is 420. The van der Waals surface area contributed by atoms with Gasteiger partial charge in [-0.3, -0.25) is 4.79 Å². The maximum absolute atomic E-state index is 12.0. The van der Waals surface area contributed by atoms with Crippen molar-refractivity contribution in [1.82, 2.24) is 5.32 Å².